The van der Waals surface area contributed by atoms with Crippen LogP contribution in [0.3, 0.4) is 0 Å². The zero-order valence-electron chi connectivity index (χ0n) is 10.4. The molecule has 2 aromatic rings. The molecule has 0 aliphatic carbocycles. The summed E-state index contributed by atoms with van der Waals surface area (Å²) in [4.78, 5) is 0. The van der Waals surface area contributed by atoms with Crippen LogP contribution in [-0.2, 0) is 5.75 Å². The van der Waals surface area contributed by atoms with Gasteiger partial charge in [-0.3, -0.25) is 0 Å². The average Bonchev–Trinajstić information content (AvgIpc) is 2.28. The molecular weight excluding hydrogens is 226 g/mol. The molecule has 2 rings (SSSR count). The Hall–Kier alpha value is -0.990. The standard InChI is InChI=1S/C15H19NS/c1-15(2,16)11-17-10-13-8-5-7-12-6-3-4-9-14(12)13/h3-9H,10-11,16H2,1-2H3. The molecule has 0 saturated heterocycles. The molecule has 2 heteroatoms. The van der Waals surface area contributed by atoms with Gasteiger partial charge in [0, 0.05) is 17.0 Å². The fraction of sp³-hybridized carbons (Fsp3) is 0.333. The zero-order valence-corrected chi connectivity index (χ0v) is 11.3. The van der Waals surface area contributed by atoms with E-state index in [-0.39, 0.29) is 5.54 Å². The molecule has 0 unspecified atom stereocenters. The van der Waals surface area contributed by atoms with E-state index in [1.54, 1.807) is 0 Å². The molecule has 0 spiro atoms. The minimum atomic E-state index is -0.0880. The van der Waals surface area contributed by atoms with Gasteiger partial charge in [-0.25, -0.2) is 0 Å². The first kappa shape index (κ1) is 12.5. The second kappa shape index (κ2) is 5.11. The lowest BCUT2D eigenvalue weighted by atomic mass is 10.1. The first-order valence-corrected chi connectivity index (χ1v) is 7.05. The molecule has 2 N–H and O–H groups in total. The fourth-order valence-electron chi connectivity index (χ4n) is 1.84. The van der Waals surface area contributed by atoms with Gasteiger partial charge >= 0.3 is 0 Å². The Balaban J connectivity index is 2.13. The maximum absolute atomic E-state index is 5.99. The van der Waals surface area contributed by atoms with Crippen molar-refractivity contribution in [2.75, 3.05) is 5.75 Å². The van der Waals surface area contributed by atoms with E-state index < -0.39 is 0 Å². The van der Waals surface area contributed by atoms with Gasteiger partial charge in [0.2, 0.25) is 0 Å². The van der Waals surface area contributed by atoms with Crippen molar-refractivity contribution in [1.29, 1.82) is 0 Å². The first-order valence-electron chi connectivity index (χ1n) is 5.89. The Bertz CT molecular complexity index is 494. The molecule has 1 nitrogen and oxygen atoms in total. The van der Waals surface area contributed by atoms with E-state index in [0.29, 0.717) is 0 Å². The summed E-state index contributed by atoms with van der Waals surface area (Å²) in [5.41, 5.74) is 7.30. The minimum Gasteiger partial charge on any atom is -0.325 e. The van der Waals surface area contributed by atoms with E-state index in [9.17, 15) is 0 Å². The van der Waals surface area contributed by atoms with Crippen LogP contribution in [0, 0.1) is 0 Å². The normalized spacial score (nSPS) is 11.9. The van der Waals surface area contributed by atoms with E-state index in [1.165, 1.54) is 16.3 Å². The number of nitrogens with two attached hydrogens (primary N) is 1. The van der Waals surface area contributed by atoms with Gasteiger partial charge in [0.1, 0.15) is 0 Å². The summed E-state index contributed by atoms with van der Waals surface area (Å²) >= 11 is 1.90. The maximum Gasteiger partial charge on any atom is 0.0191 e. The molecule has 0 aliphatic rings. The van der Waals surface area contributed by atoms with Gasteiger partial charge in [-0.2, -0.15) is 11.8 Å². The molecule has 0 aromatic heterocycles. The predicted octanol–water partition coefficient (Wildman–Crippen LogP) is 3.81. The Labute approximate surface area is 107 Å². The van der Waals surface area contributed by atoms with Crippen LogP contribution in [0.2, 0.25) is 0 Å². The third-order valence-electron chi connectivity index (χ3n) is 2.61. The van der Waals surface area contributed by atoms with Crippen LogP contribution in [0.1, 0.15) is 19.4 Å². The van der Waals surface area contributed by atoms with E-state index in [4.69, 9.17) is 5.73 Å². The minimum absolute atomic E-state index is 0.0880. The van der Waals surface area contributed by atoms with Crippen molar-refractivity contribution in [1.82, 2.24) is 0 Å². The summed E-state index contributed by atoms with van der Waals surface area (Å²) in [6.07, 6.45) is 0. The first-order chi connectivity index (χ1) is 8.06. The predicted molar refractivity (Wildman–Crippen MR) is 78.4 cm³/mol. The molecule has 0 atom stereocenters. The summed E-state index contributed by atoms with van der Waals surface area (Å²) in [7, 11) is 0. The van der Waals surface area contributed by atoms with Crippen molar-refractivity contribution in [3.8, 4) is 0 Å². The highest BCUT2D eigenvalue weighted by Crippen LogP contribution is 2.23. The van der Waals surface area contributed by atoms with E-state index in [0.717, 1.165) is 11.5 Å². The summed E-state index contributed by atoms with van der Waals surface area (Å²) in [5, 5.41) is 2.68. The monoisotopic (exact) mass is 245 g/mol. The van der Waals surface area contributed by atoms with E-state index in [2.05, 4.69) is 56.3 Å². The molecule has 0 bridgehead atoms. The largest absolute Gasteiger partial charge is 0.325 e. The lowest BCUT2D eigenvalue weighted by molar-refractivity contribution is 0.591. The highest BCUT2D eigenvalue weighted by Gasteiger charge is 2.10. The molecule has 17 heavy (non-hydrogen) atoms. The lowest BCUT2D eigenvalue weighted by Crippen LogP contribution is -2.34. The maximum atomic E-state index is 5.99. The Morgan fingerprint density at radius 1 is 1.06 bits per heavy atom. The smallest absolute Gasteiger partial charge is 0.0191 e. The van der Waals surface area contributed by atoms with Crippen LogP contribution in [-0.4, -0.2) is 11.3 Å². The molecule has 2 aromatic carbocycles. The van der Waals surface area contributed by atoms with Crippen molar-refractivity contribution in [3.05, 3.63) is 48.0 Å². The van der Waals surface area contributed by atoms with Gasteiger partial charge in [0.25, 0.3) is 0 Å². The van der Waals surface area contributed by atoms with Crippen LogP contribution < -0.4 is 5.73 Å². The quantitative estimate of drug-likeness (QED) is 0.886. The molecule has 0 aliphatic heterocycles. The van der Waals surface area contributed by atoms with E-state index in [1.807, 2.05) is 11.8 Å². The third-order valence-corrected chi connectivity index (χ3v) is 4.07. The van der Waals surface area contributed by atoms with Gasteiger partial charge in [-0.05, 0) is 30.2 Å². The molecule has 0 fully saturated rings. The SMILES string of the molecule is CC(C)(N)CSCc1cccc2ccccc12. The fourth-order valence-corrected chi connectivity index (χ4v) is 2.94. The molecule has 0 saturated carbocycles. The second-order valence-corrected chi connectivity index (χ2v) is 6.11. The Kier molecular flexibility index (Phi) is 3.75. The Morgan fingerprint density at radius 2 is 1.76 bits per heavy atom. The molecule has 0 heterocycles. The molecule has 0 amide bonds. The van der Waals surface area contributed by atoms with E-state index >= 15 is 0 Å². The number of thioether (sulfide) groups is 1. The Morgan fingerprint density at radius 3 is 2.53 bits per heavy atom. The number of rotatable bonds is 4. The highest BCUT2D eigenvalue weighted by molar-refractivity contribution is 7.98. The molecule has 0 radical (unpaired) electrons. The summed E-state index contributed by atoms with van der Waals surface area (Å²) in [6.45, 7) is 4.15. The van der Waals surface area contributed by atoms with Crippen LogP contribution in [0.15, 0.2) is 42.5 Å². The van der Waals surface area contributed by atoms with Crippen LogP contribution in [0.5, 0.6) is 0 Å². The van der Waals surface area contributed by atoms with Crippen molar-refractivity contribution < 1.29 is 0 Å². The van der Waals surface area contributed by atoms with Gasteiger partial charge in [0.05, 0.1) is 0 Å². The second-order valence-electron chi connectivity index (χ2n) is 5.12. The van der Waals surface area contributed by atoms with Gasteiger partial charge in [-0.1, -0.05) is 42.5 Å². The van der Waals surface area contributed by atoms with Gasteiger partial charge in [-0.15, -0.1) is 0 Å². The van der Waals surface area contributed by atoms with Crippen LogP contribution in [0.25, 0.3) is 10.8 Å². The van der Waals surface area contributed by atoms with Crippen LogP contribution >= 0.6 is 11.8 Å². The van der Waals surface area contributed by atoms with Gasteiger partial charge < -0.3 is 5.73 Å². The molecular formula is C15H19NS. The zero-order chi connectivity index (χ0) is 12.3. The van der Waals surface area contributed by atoms with Crippen molar-refractivity contribution in [2.45, 2.75) is 25.1 Å². The summed E-state index contributed by atoms with van der Waals surface area (Å²) in [5.74, 6) is 2.01. The lowest BCUT2D eigenvalue weighted by Gasteiger charge is -2.17. The van der Waals surface area contributed by atoms with Crippen molar-refractivity contribution in [2.24, 2.45) is 5.73 Å². The number of fused-ring (bicyclic) bond motifs is 1. The molecule has 90 valence electrons. The highest BCUT2D eigenvalue weighted by atomic mass is 32.2. The number of benzene rings is 2. The summed E-state index contributed by atoms with van der Waals surface area (Å²) < 4.78 is 0. The van der Waals surface area contributed by atoms with Gasteiger partial charge in [0.15, 0.2) is 0 Å². The topological polar surface area (TPSA) is 26.0 Å². The van der Waals surface area contributed by atoms with Crippen molar-refractivity contribution in [3.63, 3.8) is 0 Å². The third kappa shape index (κ3) is 3.48. The summed E-state index contributed by atoms with van der Waals surface area (Å²) in [6, 6.07) is 15.0. The van der Waals surface area contributed by atoms with Crippen LogP contribution in [0.4, 0.5) is 0 Å². The van der Waals surface area contributed by atoms with Crippen molar-refractivity contribution >= 4 is 22.5 Å². The average molecular weight is 245 g/mol. The number of hydrogen-bond donors (Lipinski definition) is 1. The number of hydrogen-bond acceptors (Lipinski definition) is 2.